The molecule has 156 valence electrons. The minimum absolute atomic E-state index is 0.102. The zero-order valence-corrected chi connectivity index (χ0v) is 16.2. The first kappa shape index (κ1) is 20.0. The first-order chi connectivity index (χ1) is 14.5. The number of pyridine rings is 1. The molecule has 4 N–H and O–H groups in total. The van der Waals surface area contributed by atoms with Gasteiger partial charge < -0.3 is 16.0 Å². The Labute approximate surface area is 171 Å². The summed E-state index contributed by atoms with van der Waals surface area (Å²) in [4.78, 5) is 15.2. The van der Waals surface area contributed by atoms with Gasteiger partial charge in [0.1, 0.15) is 5.39 Å². The van der Waals surface area contributed by atoms with Gasteiger partial charge in [-0.15, -0.1) is 0 Å². The molecule has 7 nitrogen and oxygen atoms in total. The number of nitrogens with one attached hydrogen (secondary N) is 2. The molecule has 30 heavy (non-hydrogen) atoms. The summed E-state index contributed by atoms with van der Waals surface area (Å²) in [6.45, 7) is 0. The van der Waals surface area contributed by atoms with E-state index in [1.807, 2.05) is 0 Å². The smallest absolute Gasteiger partial charge is 0.261 e. The number of halogens is 2. The molecule has 0 bridgehead atoms. The largest absolute Gasteiger partial charge is 0.338 e. The van der Waals surface area contributed by atoms with E-state index in [0.717, 1.165) is 25.7 Å². The zero-order valence-electron chi connectivity index (χ0n) is 16.2. The van der Waals surface area contributed by atoms with Crippen LogP contribution < -0.4 is 16.6 Å². The van der Waals surface area contributed by atoms with Crippen molar-refractivity contribution in [3.05, 3.63) is 52.4 Å². The average Bonchev–Trinajstić information content (AvgIpc) is 3.13. The number of nitrogens with two attached hydrogens (primary N) is 1. The van der Waals surface area contributed by atoms with Crippen molar-refractivity contribution in [2.45, 2.75) is 44.2 Å². The van der Waals surface area contributed by atoms with E-state index in [4.69, 9.17) is 5.73 Å². The van der Waals surface area contributed by atoms with Crippen LogP contribution in [0.5, 0.6) is 0 Å². The molecule has 0 saturated heterocycles. The number of alkyl halides is 2. The van der Waals surface area contributed by atoms with Crippen LogP contribution in [-0.4, -0.2) is 21.2 Å². The van der Waals surface area contributed by atoms with Crippen molar-refractivity contribution in [2.75, 3.05) is 5.32 Å². The Kier molecular flexibility index (Phi) is 5.50. The molecule has 4 rings (SSSR count). The summed E-state index contributed by atoms with van der Waals surface area (Å²) in [7, 11) is 0. The third-order valence-electron chi connectivity index (χ3n) is 5.67. The summed E-state index contributed by atoms with van der Waals surface area (Å²) < 4.78 is 27.4. The summed E-state index contributed by atoms with van der Waals surface area (Å²) >= 11 is 0. The molecule has 3 aromatic rings. The van der Waals surface area contributed by atoms with E-state index in [9.17, 15) is 18.8 Å². The van der Waals surface area contributed by atoms with Crippen LogP contribution in [0.3, 0.4) is 0 Å². The van der Waals surface area contributed by atoms with E-state index >= 15 is 0 Å². The quantitative estimate of drug-likeness (QED) is 0.587. The fourth-order valence-corrected chi connectivity index (χ4v) is 4.07. The van der Waals surface area contributed by atoms with Gasteiger partial charge >= 0.3 is 0 Å². The van der Waals surface area contributed by atoms with Crippen LogP contribution in [0.25, 0.3) is 10.9 Å². The topological polar surface area (TPSA) is 113 Å². The number of nitrogens with zero attached hydrogens (tertiary/aromatic N) is 3. The predicted octanol–water partition coefficient (Wildman–Crippen LogP) is 3.99. The molecule has 3 atom stereocenters. The van der Waals surface area contributed by atoms with E-state index in [0.29, 0.717) is 28.0 Å². The second-order valence-corrected chi connectivity index (χ2v) is 7.55. The maximum Gasteiger partial charge on any atom is 0.261 e. The first-order valence-electron chi connectivity index (χ1n) is 9.90. The van der Waals surface area contributed by atoms with E-state index in [1.54, 1.807) is 29.1 Å². The van der Waals surface area contributed by atoms with Crippen molar-refractivity contribution in [3.63, 3.8) is 0 Å². The van der Waals surface area contributed by atoms with Crippen molar-refractivity contribution in [2.24, 2.45) is 11.7 Å². The number of H-pyrrole nitrogens is 1. The van der Waals surface area contributed by atoms with Gasteiger partial charge in [0.25, 0.3) is 12.0 Å². The van der Waals surface area contributed by atoms with E-state index in [2.05, 4.69) is 21.5 Å². The maximum atomic E-state index is 12.8. The molecule has 1 saturated carbocycles. The SMILES string of the molecule is N#C[C@H]1CCCC[C@@H]1n1nc(Nc2ccc([C@@H](N)C(F)F)cc2)c2c(=O)[nH]ccc21. The first-order valence-corrected chi connectivity index (χ1v) is 9.90. The third-order valence-corrected chi connectivity index (χ3v) is 5.67. The molecular weight excluding hydrogens is 390 g/mol. The monoisotopic (exact) mass is 412 g/mol. The van der Waals surface area contributed by atoms with E-state index in [-0.39, 0.29) is 17.5 Å². The standard InChI is InChI=1S/C21H22F2N6O/c22-19(23)18(25)12-5-7-14(8-6-12)27-20-17-16(9-10-26-21(17)30)29(28-20)15-4-2-1-3-13(15)11-24/h5-10,13,15,18-19H,1-4,25H2,(H,26,30)(H,27,28)/t13-,15+,18-/m1/s1. The molecular formula is C21H22F2N6O. The summed E-state index contributed by atoms with van der Waals surface area (Å²) in [5.74, 6) is 0.198. The van der Waals surface area contributed by atoms with Crippen LogP contribution in [0.2, 0.25) is 0 Å². The van der Waals surface area contributed by atoms with Gasteiger partial charge in [-0.2, -0.15) is 10.4 Å². The average molecular weight is 412 g/mol. The normalized spacial score (nSPS) is 20.2. The summed E-state index contributed by atoms with van der Waals surface area (Å²) in [5, 5.41) is 17.7. The molecule has 0 amide bonds. The van der Waals surface area contributed by atoms with Crippen molar-refractivity contribution in [1.82, 2.24) is 14.8 Å². The Bertz CT molecular complexity index is 1130. The third kappa shape index (κ3) is 3.66. The zero-order chi connectivity index (χ0) is 21.3. The lowest BCUT2D eigenvalue weighted by molar-refractivity contribution is 0.116. The van der Waals surface area contributed by atoms with Crippen LogP contribution in [0.1, 0.15) is 43.3 Å². The maximum absolute atomic E-state index is 12.8. The molecule has 0 spiro atoms. The minimum atomic E-state index is -2.65. The molecule has 1 aliphatic rings. The van der Waals surface area contributed by atoms with Crippen molar-refractivity contribution >= 4 is 22.4 Å². The molecule has 0 radical (unpaired) electrons. The number of aromatic amines is 1. The van der Waals surface area contributed by atoms with Gasteiger partial charge in [0.05, 0.1) is 29.6 Å². The predicted molar refractivity (Wildman–Crippen MR) is 110 cm³/mol. The lowest BCUT2D eigenvalue weighted by Gasteiger charge is -2.27. The van der Waals surface area contributed by atoms with Gasteiger partial charge in [-0.1, -0.05) is 25.0 Å². The second-order valence-electron chi connectivity index (χ2n) is 7.55. The number of fused-ring (bicyclic) bond motifs is 1. The van der Waals surface area contributed by atoms with Gasteiger partial charge in [-0.05, 0) is 36.6 Å². The van der Waals surface area contributed by atoms with Crippen LogP contribution in [0.4, 0.5) is 20.3 Å². The van der Waals surface area contributed by atoms with Gasteiger partial charge in [0.2, 0.25) is 0 Å². The highest BCUT2D eigenvalue weighted by molar-refractivity contribution is 5.91. The highest BCUT2D eigenvalue weighted by Crippen LogP contribution is 2.36. The Morgan fingerprint density at radius 1 is 1.23 bits per heavy atom. The van der Waals surface area contributed by atoms with Crippen LogP contribution in [0.15, 0.2) is 41.3 Å². The molecule has 0 unspecified atom stereocenters. The summed E-state index contributed by atoms with van der Waals surface area (Å²) in [5.41, 5.74) is 6.77. The summed E-state index contributed by atoms with van der Waals surface area (Å²) in [6, 6.07) is 9.00. The number of rotatable bonds is 5. The lowest BCUT2D eigenvalue weighted by atomic mass is 9.85. The number of hydrogen-bond donors (Lipinski definition) is 3. The Morgan fingerprint density at radius 3 is 2.67 bits per heavy atom. The Morgan fingerprint density at radius 2 is 1.97 bits per heavy atom. The second kappa shape index (κ2) is 8.24. The summed E-state index contributed by atoms with van der Waals surface area (Å²) in [6.07, 6.45) is 2.55. The molecule has 1 aromatic carbocycles. The van der Waals surface area contributed by atoms with Gasteiger partial charge in [-0.3, -0.25) is 9.48 Å². The number of aromatic nitrogens is 3. The highest BCUT2D eigenvalue weighted by Gasteiger charge is 2.29. The van der Waals surface area contributed by atoms with Crippen LogP contribution >= 0.6 is 0 Å². The van der Waals surface area contributed by atoms with Crippen molar-refractivity contribution < 1.29 is 8.78 Å². The van der Waals surface area contributed by atoms with Crippen LogP contribution in [-0.2, 0) is 0 Å². The molecule has 9 heteroatoms. The molecule has 1 fully saturated rings. The number of hydrogen-bond acceptors (Lipinski definition) is 5. The van der Waals surface area contributed by atoms with Gasteiger partial charge in [0.15, 0.2) is 5.82 Å². The molecule has 2 aromatic heterocycles. The molecule has 0 aliphatic heterocycles. The Balaban J connectivity index is 1.71. The number of anilines is 2. The highest BCUT2D eigenvalue weighted by atomic mass is 19.3. The van der Waals surface area contributed by atoms with Gasteiger partial charge in [-0.25, -0.2) is 8.78 Å². The number of nitriles is 1. The van der Waals surface area contributed by atoms with Crippen molar-refractivity contribution in [3.8, 4) is 6.07 Å². The van der Waals surface area contributed by atoms with Gasteiger partial charge in [0, 0.05) is 11.9 Å². The number of benzene rings is 1. The van der Waals surface area contributed by atoms with E-state index < -0.39 is 12.5 Å². The molecule has 2 heterocycles. The fourth-order valence-electron chi connectivity index (χ4n) is 4.07. The van der Waals surface area contributed by atoms with E-state index in [1.165, 1.54) is 12.1 Å². The minimum Gasteiger partial charge on any atom is -0.338 e. The van der Waals surface area contributed by atoms with Crippen molar-refractivity contribution in [1.29, 1.82) is 5.26 Å². The lowest BCUT2D eigenvalue weighted by Crippen LogP contribution is -2.23. The molecule has 1 aliphatic carbocycles. The fraction of sp³-hybridized carbons (Fsp3) is 0.381. The van der Waals surface area contributed by atoms with Crippen LogP contribution in [0, 0.1) is 17.2 Å². The Hall–Kier alpha value is -3.25.